The summed E-state index contributed by atoms with van der Waals surface area (Å²) in [5.41, 5.74) is 0.824. The molecule has 116 valence electrons. The van der Waals surface area contributed by atoms with Gasteiger partial charge < -0.3 is 10.0 Å². The number of halogens is 1. The summed E-state index contributed by atoms with van der Waals surface area (Å²) < 4.78 is 0. The second-order valence-electron chi connectivity index (χ2n) is 6.28. The van der Waals surface area contributed by atoms with Crippen LogP contribution < -0.4 is 0 Å². The molecule has 1 heterocycles. The Morgan fingerprint density at radius 1 is 1.52 bits per heavy atom. The number of nitrogens with zero attached hydrogens (tertiary/aromatic N) is 2. The number of carbonyl (C=O) groups is 1. The lowest BCUT2D eigenvalue weighted by Gasteiger charge is -2.34. The first kappa shape index (κ1) is 17.7. The Morgan fingerprint density at radius 3 is 2.67 bits per heavy atom. The summed E-state index contributed by atoms with van der Waals surface area (Å²) in [6.45, 7) is 10.0. The Hall–Kier alpha value is -1.39. The largest absolute Gasteiger partial charge is 0.394 e. The Labute approximate surface area is 131 Å². The number of hydrogen-bond donors (Lipinski definition) is 1. The normalized spacial score (nSPS) is 12.8. The van der Waals surface area contributed by atoms with Crippen LogP contribution in [0.2, 0.25) is 5.02 Å². The summed E-state index contributed by atoms with van der Waals surface area (Å²) in [5, 5.41) is 10.2. The van der Waals surface area contributed by atoms with Gasteiger partial charge in [-0.25, -0.2) is 0 Å². The van der Waals surface area contributed by atoms with Crippen molar-refractivity contribution in [2.75, 3.05) is 6.61 Å². The van der Waals surface area contributed by atoms with Crippen LogP contribution >= 0.6 is 11.6 Å². The van der Waals surface area contributed by atoms with Crippen LogP contribution in [0.15, 0.2) is 31.1 Å². The highest BCUT2D eigenvalue weighted by Crippen LogP contribution is 2.25. The highest BCUT2D eigenvalue weighted by Gasteiger charge is 2.26. The van der Waals surface area contributed by atoms with Crippen molar-refractivity contribution in [2.45, 2.75) is 39.8 Å². The number of pyridine rings is 1. The highest BCUT2D eigenvalue weighted by molar-refractivity contribution is 6.30. The van der Waals surface area contributed by atoms with Gasteiger partial charge in [0.1, 0.15) is 0 Å². The van der Waals surface area contributed by atoms with Gasteiger partial charge in [0.15, 0.2) is 0 Å². The predicted molar refractivity (Wildman–Crippen MR) is 84.9 cm³/mol. The van der Waals surface area contributed by atoms with Gasteiger partial charge >= 0.3 is 0 Å². The predicted octanol–water partition coefficient (Wildman–Crippen LogP) is 3.05. The van der Waals surface area contributed by atoms with E-state index in [9.17, 15) is 9.90 Å². The maximum absolute atomic E-state index is 12.1. The monoisotopic (exact) mass is 310 g/mol. The fourth-order valence-electron chi connectivity index (χ4n) is 2.22. The van der Waals surface area contributed by atoms with Crippen molar-refractivity contribution in [3.05, 3.63) is 41.7 Å². The average Bonchev–Trinajstić information content (AvgIpc) is 2.40. The van der Waals surface area contributed by atoms with E-state index in [1.165, 1.54) is 6.08 Å². The van der Waals surface area contributed by atoms with Crippen LogP contribution in [0, 0.1) is 5.41 Å². The van der Waals surface area contributed by atoms with E-state index in [0.29, 0.717) is 18.0 Å². The van der Waals surface area contributed by atoms with Crippen LogP contribution in [0.5, 0.6) is 0 Å². The quantitative estimate of drug-likeness (QED) is 0.822. The van der Waals surface area contributed by atoms with Crippen molar-refractivity contribution in [1.82, 2.24) is 9.88 Å². The molecule has 0 spiro atoms. The number of aromatic nitrogens is 1. The van der Waals surface area contributed by atoms with Gasteiger partial charge in [-0.05, 0) is 29.5 Å². The maximum Gasteiger partial charge on any atom is 0.246 e. The Morgan fingerprint density at radius 2 is 2.19 bits per heavy atom. The third kappa shape index (κ3) is 5.86. The van der Waals surface area contributed by atoms with Gasteiger partial charge in [-0.1, -0.05) is 39.0 Å². The molecule has 1 amide bonds. The molecule has 1 N–H and O–H groups in total. The summed E-state index contributed by atoms with van der Waals surface area (Å²) in [6, 6.07) is 1.50. The zero-order chi connectivity index (χ0) is 16.0. The molecule has 0 saturated heterocycles. The molecule has 0 aromatic carbocycles. The molecule has 1 rings (SSSR count). The number of carbonyl (C=O) groups excluding carboxylic acids is 1. The molecule has 0 bridgehead atoms. The van der Waals surface area contributed by atoms with Crippen LogP contribution in [0.25, 0.3) is 0 Å². The summed E-state index contributed by atoms with van der Waals surface area (Å²) in [5.74, 6) is -0.210. The van der Waals surface area contributed by atoms with Crippen LogP contribution in [-0.2, 0) is 11.3 Å². The Kier molecular flexibility index (Phi) is 6.37. The Bertz CT molecular complexity index is 497. The first-order chi connectivity index (χ1) is 9.76. The lowest BCUT2D eigenvalue weighted by atomic mass is 9.87. The second-order valence-corrected chi connectivity index (χ2v) is 6.72. The van der Waals surface area contributed by atoms with Crippen molar-refractivity contribution < 1.29 is 9.90 Å². The van der Waals surface area contributed by atoms with E-state index in [1.54, 1.807) is 23.4 Å². The molecule has 0 aliphatic carbocycles. The van der Waals surface area contributed by atoms with Crippen molar-refractivity contribution in [2.24, 2.45) is 5.41 Å². The van der Waals surface area contributed by atoms with E-state index < -0.39 is 0 Å². The molecule has 5 heteroatoms. The molecule has 1 unspecified atom stereocenters. The number of hydrogen-bond acceptors (Lipinski definition) is 3. The fraction of sp³-hybridized carbons (Fsp3) is 0.500. The molecule has 0 aliphatic heterocycles. The molecule has 4 nitrogen and oxygen atoms in total. The molecular formula is C16H23ClN2O2. The second kappa shape index (κ2) is 7.57. The molecule has 21 heavy (non-hydrogen) atoms. The number of amides is 1. The van der Waals surface area contributed by atoms with Gasteiger partial charge in [-0.2, -0.15) is 0 Å². The number of aliphatic hydroxyl groups excluding tert-OH is 1. The topological polar surface area (TPSA) is 53.4 Å². The van der Waals surface area contributed by atoms with Crippen molar-refractivity contribution in [3.63, 3.8) is 0 Å². The minimum Gasteiger partial charge on any atom is -0.394 e. The summed E-state index contributed by atoms with van der Waals surface area (Å²) in [6.07, 6.45) is 5.17. The van der Waals surface area contributed by atoms with Gasteiger partial charge in [0.2, 0.25) is 5.91 Å². The summed E-state index contributed by atoms with van der Waals surface area (Å²) in [7, 11) is 0. The van der Waals surface area contributed by atoms with E-state index in [2.05, 4.69) is 32.3 Å². The van der Waals surface area contributed by atoms with Gasteiger partial charge in [0.25, 0.3) is 0 Å². The first-order valence-corrected chi connectivity index (χ1v) is 7.28. The van der Waals surface area contributed by atoms with Crippen LogP contribution in [0.3, 0.4) is 0 Å². The SMILES string of the molecule is C=CC(=O)N(Cc1cncc(Cl)c1)C(CO)CC(C)(C)C. The average molecular weight is 311 g/mol. The zero-order valence-corrected chi connectivity index (χ0v) is 13.6. The smallest absolute Gasteiger partial charge is 0.246 e. The summed E-state index contributed by atoms with van der Waals surface area (Å²) in [4.78, 5) is 17.8. The van der Waals surface area contributed by atoms with Crippen LogP contribution in [0.1, 0.15) is 32.8 Å². The van der Waals surface area contributed by atoms with E-state index in [0.717, 1.165) is 5.56 Å². The zero-order valence-electron chi connectivity index (χ0n) is 12.8. The first-order valence-electron chi connectivity index (χ1n) is 6.90. The molecule has 0 fully saturated rings. The van der Waals surface area contributed by atoms with Gasteiger partial charge in [-0.15, -0.1) is 0 Å². The molecular weight excluding hydrogens is 288 g/mol. The molecule has 1 aromatic heterocycles. The molecule has 0 radical (unpaired) electrons. The van der Waals surface area contributed by atoms with Crippen molar-refractivity contribution in [3.8, 4) is 0 Å². The van der Waals surface area contributed by atoms with E-state index in [4.69, 9.17) is 11.6 Å². The highest BCUT2D eigenvalue weighted by atomic mass is 35.5. The van der Waals surface area contributed by atoms with Crippen LogP contribution in [0.4, 0.5) is 0 Å². The molecule has 1 atom stereocenters. The fourth-order valence-corrected chi connectivity index (χ4v) is 2.42. The van der Waals surface area contributed by atoms with Gasteiger partial charge in [-0.3, -0.25) is 9.78 Å². The van der Waals surface area contributed by atoms with Crippen molar-refractivity contribution >= 4 is 17.5 Å². The lowest BCUT2D eigenvalue weighted by Crippen LogP contribution is -2.43. The third-order valence-corrected chi connectivity index (χ3v) is 3.28. The number of rotatable bonds is 6. The molecule has 0 aliphatic rings. The molecule has 0 saturated carbocycles. The lowest BCUT2D eigenvalue weighted by molar-refractivity contribution is -0.130. The standard InChI is InChI=1S/C16H23ClN2O2/c1-5-15(21)19(14(11-20)7-16(2,3)4)10-12-6-13(17)9-18-8-12/h5-6,8-9,14,20H,1,7,10-11H2,2-4H3. The van der Waals surface area contributed by atoms with E-state index in [-0.39, 0.29) is 24.0 Å². The minimum atomic E-state index is -0.269. The van der Waals surface area contributed by atoms with Gasteiger partial charge in [0.05, 0.1) is 17.7 Å². The van der Waals surface area contributed by atoms with Crippen molar-refractivity contribution in [1.29, 1.82) is 0 Å². The minimum absolute atomic E-state index is 0.000318. The Balaban J connectivity index is 2.98. The third-order valence-electron chi connectivity index (χ3n) is 3.07. The van der Waals surface area contributed by atoms with Crippen LogP contribution in [-0.4, -0.2) is 33.5 Å². The van der Waals surface area contributed by atoms with E-state index >= 15 is 0 Å². The van der Waals surface area contributed by atoms with Gasteiger partial charge in [0, 0.05) is 18.9 Å². The van der Waals surface area contributed by atoms with E-state index in [1.807, 2.05) is 0 Å². The molecule has 1 aromatic rings. The maximum atomic E-state index is 12.1. The number of aliphatic hydroxyl groups is 1. The summed E-state index contributed by atoms with van der Waals surface area (Å²) >= 11 is 5.93.